The highest BCUT2D eigenvalue weighted by Crippen LogP contribution is 2.18. The van der Waals surface area contributed by atoms with Gasteiger partial charge in [0.05, 0.1) is 0 Å². The molecule has 1 rings (SSSR count). The van der Waals surface area contributed by atoms with Crippen LogP contribution in [0.1, 0.15) is 28.7 Å². The Morgan fingerprint density at radius 1 is 1.50 bits per heavy atom. The number of sulfone groups is 1. The van der Waals surface area contributed by atoms with Gasteiger partial charge in [0.25, 0.3) is 0 Å². The summed E-state index contributed by atoms with van der Waals surface area (Å²) in [5.41, 5.74) is 0. The molecule has 0 fully saturated rings. The largest absolute Gasteiger partial charge is 0.474 e. The molecule has 1 heterocycles. The van der Waals surface area contributed by atoms with Gasteiger partial charge in [0.1, 0.15) is 5.25 Å². The highest BCUT2D eigenvalue weighted by molar-refractivity contribution is 7.90. The maximum atomic E-state index is 11.0. The van der Waals surface area contributed by atoms with Crippen LogP contribution in [0.4, 0.5) is 0 Å². The molecule has 0 saturated heterocycles. The number of aromatic nitrogens is 2. The first-order valence-corrected chi connectivity index (χ1v) is 5.53. The molecule has 1 atom stereocenters. The predicted molar refractivity (Wildman–Crippen MR) is 44.5 cm³/mol. The molecule has 0 radical (unpaired) electrons. The van der Waals surface area contributed by atoms with Gasteiger partial charge in [-0.1, -0.05) is 0 Å². The quantitative estimate of drug-likeness (QED) is 0.755. The second-order valence-corrected chi connectivity index (χ2v) is 5.09. The van der Waals surface area contributed by atoms with Crippen molar-refractivity contribution in [2.45, 2.75) is 12.2 Å². The van der Waals surface area contributed by atoms with Crippen LogP contribution in [0.25, 0.3) is 0 Å². The van der Waals surface area contributed by atoms with Crippen molar-refractivity contribution in [2.75, 3.05) is 6.26 Å². The van der Waals surface area contributed by atoms with Gasteiger partial charge in [-0.15, -0.1) is 10.2 Å². The van der Waals surface area contributed by atoms with E-state index >= 15 is 0 Å². The Morgan fingerprint density at radius 3 is 2.43 bits per heavy atom. The molecule has 0 saturated carbocycles. The summed E-state index contributed by atoms with van der Waals surface area (Å²) in [5, 5.41) is 13.9. The van der Waals surface area contributed by atoms with Crippen LogP contribution in [0.3, 0.4) is 0 Å². The van der Waals surface area contributed by atoms with E-state index in [0.717, 1.165) is 6.26 Å². The third-order valence-corrected chi connectivity index (χ3v) is 3.10. The zero-order valence-electron chi connectivity index (χ0n) is 7.46. The molecule has 1 N–H and O–H groups in total. The van der Waals surface area contributed by atoms with E-state index in [2.05, 4.69) is 14.6 Å². The average Bonchev–Trinajstić information content (AvgIpc) is 2.48. The number of nitrogens with zero attached hydrogens (tertiary/aromatic N) is 2. The van der Waals surface area contributed by atoms with Crippen molar-refractivity contribution < 1.29 is 22.7 Å². The lowest BCUT2D eigenvalue weighted by atomic mass is 10.5. The zero-order valence-corrected chi connectivity index (χ0v) is 8.28. The van der Waals surface area contributed by atoms with E-state index in [-0.39, 0.29) is 5.89 Å². The maximum Gasteiger partial charge on any atom is 0.393 e. The fraction of sp³-hybridized carbons (Fsp3) is 0.500. The van der Waals surface area contributed by atoms with Crippen molar-refractivity contribution in [3.05, 3.63) is 11.8 Å². The molecule has 0 amide bonds. The molecule has 0 bridgehead atoms. The lowest BCUT2D eigenvalue weighted by molar-refractivity contribution is 0.0651. The molecule has 7 nitrogen and oxygen atoms in total. The molecule has 0 aliphatic carbocycles. The van der Waals surface area contributed by atoms with E-state index in [1.165, 1.54) is 6.92 Å². The van der Waals surface area contributed by atoms with Crippen LogP contribution in [0.5, 0.6) is 0 Å². The van der Waals surface area contributed by atoms with Crippen LogP contribution < -0.4 is 0 Å². The third kappa shape index (κ3) is 2.08. The average molecular weight is 220 g/mol. The van der Waals surface area contributed by atoms with E-state index in [1.807, 2.05) is 0 Å². The van der Waals surface area contributed by atoms with Crippen molar-refractivity contribution in [1.82, 2.24) is 10.2 Å². The van der Waals surface area contributed by atoms with Crippen molar-refractivity contribution >= 4 is 15.8 Å². The Balaban J connectivity index is 3.04. The highest BCUT2D eigenvalue weighted by Gasteiger charge is 2.25. The van der Waals surface area contributed by atoms with Crippen LogP contribution in [0, 0.1) is 0 Å². The minimum absolute atomic E-state index is 0.218. The van der Waals surface area contributed by atoms with Gasteiger partial charge in [0.2, 0.25) is 5.89 Å². The summed E-state index contributed by atoms with van der Waals surface area (Å²) < 4.78 is 26.7. The first-order valence-electron chi connectivity index (χ1n) is 3.58. The molecule has 0 spiro atoms. The number of hydrogen-bond donors (Lipinski definition) is 1. The van der Waals surface area contributed by atoms with Crippen LogP contribution >= 0.6 is 0 Å². The summed E-state index contributed by atoms with van der Waals surface area (Å²) in [5.74, 6) is -2.22. The number of carboxylic acids is 1. The topological polar surface area (TPSA) is 110 Å². The van der Waals surface area contributed by atoms with Gasteiger partial charge in [-0.05, 0) is 6.92 Å². The van der Waals surface area contributed by atoms with Crippen LogP contribution in [-0.4, -0.2) is 35.9 Å². The summed E-state index contributed by atoms with van der Waals surface area (Å²) in [6.07, 6.45) is 1.00. The first kappa shape index (κ1) is 10.6. The molecule has 1 aromatic heterocycles. The van der Waals surface area contributed by atoms with Gasteiger partial charge >= 0.3 is 11.9 Å². The summed E-state index contributed by atoms with van der Waals surface area (Å²) in [6, 6.07) is 0. The van der Waals surface area contributed by atoms with E-state index in [9.17, 15) is 13.2 Å². The minimum Gasteiger partial charge on any atom is -0.474 e. The fourth-order valence-corrected chi connectivity index (χ4v) is 1.13. The molecule has 14 heavy (non-hydrogen) atoms. The van der Waals surface area contributed by atoms with Gasteiger partial charge < -0.3 is 9.52 Å². The van der Waals surface area contributed by atoms with E-state index < -0.39 is 26.9 Å². The lowest BCUT2D eigenvalue weighted by Crippen LogP contribution is -2.07. The number of aromatic carboxylic acids is 1. The molecule has 78 valence electrons. The first-order chi connectivity index (χ1) is 6.32. The smallest absolute Gasteiger partial charge is 0.393 e. The number of carboxylic acid groups (broad SMARTS) is 1. The Hall–Kier alpha value is -1.44. The molecule has 0 aliphatic rings. The molecule has 0 aromatic carbocycles. The molecule has 1 unspecified atom stereocenters. The molecule has 1 aromatic rings. The molecule has 0 aliphatic heterocycles. The second-order valence-electron chi connectivity index (χ2n) is 2.72. The van der Waals surface area contributed by atoms with E-state index in [1.54, 1.807) is 0 Å². The summed E-state index contributed by atoms with van der Waals surface area (Å²) in [4.78, 5) is 10.3. The van der Waals surface area contributed by atoms with Gasteiger partial charge in [-0.25, -0.2) is 13.2 Å². The van der Waals surface area contributed by atoms with Crippen LogP contribution in [-0.2, 0) is 9.84 Å². The summed E-state index contributed by atoms with van der Waals surface area (Å²) in [7, 11) is -3.36. The summed E-state index contributed by atoms with van der Waals surface area (Å²) >= 11 is 0. The van der Waals surface area contributed by atoms with E-state index in [0.29, 0.717) is 0 Å². The fourth-order valence-electron chi connectivity index (χ4n) is 0.668. The molecular formula is C6H8N2O5S. The monoisotopic (exact) mass is 220 g/mol. The normalized spacial score (nSPS) is 13.9. The van der Waals surface area contributed by atoms with Gasteiger partial charge in [0, 0.05) is 6.26 Å². The predicted octanol–water partition coefficient (Wildman–Crippen LogP) is -0.127. The van der Waals surface area contributed by atoms with Crippen molar-refractivity contribution in [1.29, 1.82) is 0 Å². The van der Waals surface area contributed by atoms with E-state index in [4.69, 9.17) is 5.11 Å². The Labute approximate surface area is 79.7 Å². The van der Waals surface area contributed by atoms with Gasteiger partial charge in [0.15, 0.2) is 9.84 Å². The van der Waals surface area contributed by atoms with Gasteiger partial charge in [-0.2, -0.15) is 0 Å². The summed E-state index contributed by atoms with van der Waals surface area (Å²) in [6.45, 7) is 1.34. The maximum absolute atomic E-state index is 11.0. The van der Waals surface area contributed by atoms with Crippen molar-refractivity contribution in [3.63, 3.8) is 0 Å². The SMILES string of the molecule is CC(c1nnc(C(=O)O)o1)S(C)(=O)=O. The molecule has 8 heteroatoms. The number of rotatable bonds is 3. The Kier molecular flexibility index (Phi) is 2.56. The highest BCUT2D eigenvalue weighted by atomic mass is 32.2. The van der Waals surface area contributed by atoms with Crippen LogP contribution in [0.15, 0.2) is 4.42 Å². The number of hydrogen-bond acceptors (Lipinski definition) is 6. The third-order valence-electron chi connectivity index (χ3n) is 1.61. The zero-order chi connectivity index (χ0) is 10.9. The number of carbonyl (C=O) groups is 1. The molecular weight excluding hydrogens is 212 g/mol. The van der Waals surface area contributed by atoms with Gasteiger partial charge in [-0.3, -0.25) is 0 Å². The second kappa shape index (κ2) is 3.37. The van der Waals surface area contributed by atoms with Crippen molar-refractivity contribution in [3.8, 4) is 0 Å². The standard InChI is InChI=1S/C6H8N2O5S/c1-3(14(2,11)12)4-7-8-5(13-4)6(9)10/h3H,1-2H3,(H,9,10). The lowest BCUT2D eigenvalue weighted by Gasteiger charge is -2.01. The van der Waals surface area contributed by atoms with Crippen LogP contribution in [0.2, 0.25) is 0 Å². The van der Waals surface area contributed by atoms with Crippen molar-refractivity contribution in [2.24, 2.45) is 0 Å². The minimum atomic E-state index is -3.36. The Bertz CT molecular complexity index is 449. The Morgan fingerprint density at radius 2 is 2.07 bits per heavy atom.